The van der Waals surface area contributed by atoms with E-state index >= 15 is 0 Å². The van der Waals surface area contributed by atoms with Gasteiger partial charge in [0.2, 0.25) is 0 Å². The first kappa shape index (κ1) is 12.5. The molecule has 0 saturated carbocycles. The molecule has 0 spiro atoms. The molecular weight excluding hydrogens is 212 g/mol. The van der Waals surface area contributed by atoms with Crippen LogP contribution in [-0.2, 0) is 9.84 Å². The molecule has 0 aliphatic carbocycles. The zero-order valence-corrected chi connectivity index (χ0v) is 9.81. The quantitative estimate of drug-likeness (QED) is 0.641. The minimum Gasteiger partial charge on any atom is -0.329 e. The van der Waals surface area contributed by atoms with E-state index in [1.54, 1.807) is 0 Å². The predicted molar refractivity (Wildman–Crippen MR) is 61.1 cm³/mol. The Kier molecular flexibility index (Phi) is 3.77. The normalized spacial score (nSPS) is 31.8. The van der Waals surface area contributed by atoms with Gasteiger partial charge in [-0.15, -0.1) is 6.42 Å². The van der Waals surface area contributed by atoms with Crippen LogP contribution in [0.4, 0.5) is 0 Å². The molecule has 5 heteroatoms. The van der Waals surface area contributed by atoms with Gasteiger partial charge in [0.1, 0.15) is 0 Å². The summed E-state index contributed by atoms with van der Waals surface area (Å²) in [5.74, 6) is 2.90. The summed E-state index contributed by atoms with van der Waals surface area (Å²) in [6.07, 6.45) is 6.70. The Labute approximate surface area is 91.5 Å². The van der Waals surface area contributed by atoms with Crippen LogP contribution in [0.2, 0.25) is 0 Å². The van der Waals surface area contributed by atoms with E-state index in [2.05, 4.69) is 11.2 Å². The summed E-state index contributed by atoms with van der Waals surface area (Å²) in [5, 5.41) is 3.15. The first-order chi connectivity index (χ1) is 6.93. The van der Waals surface area contributed by atoms with Crippen molar-refractivity contribution in [3.05, 3.63) is 0 Å². The van der Waals surface area contributed by atoms with Crippen molar-refractivity contribution in [2.45, 2.75) is 31.3 Å². The molecule has 0 bridgehead atoms. The van der Waals surface area contributed by atoms with Gasteiger partial charge in [-0.1, -0.05) is 5.92 Å². The van der Waals surface area contributed by atoms with E-state index in [-0.39, 0.29) is 17.5 Å². The molecule has 86 valence electrons. The monoisotopic (exact) mass is 230 g/mol. The molecule has 2 atom stereocenters. The van der Waals surface area contributed by atoms with Crippen LogP contribution in [0.25, 0.3) is 0 Å². The fourth-order valence-electron chi connectivity index (χ4n) is 2.03. The number of hydrogen-bond acceptors (Lipinski definition) is 4. The number of rotatable bonds is 3. The molecule has 1 rings (SSSR count). The van der Waals surface area contributed by atoms with E-state index in [9.17, 15) is 8.42 Å². The van der Waals surface area contributed by atoms with E-state index < -0.39 is 15.4 Å². The second kappa shape index (κ2) is 4.52. The molecule has 1 aliphatic rings. The summed E-state index contributed by atoms with van der Waals surface area (Å²) in [5.41, 5.74) is 5.14. The highest BCUT2D eigenvalue weighted by Gasteiger charge is 2.38. The molecule has 1 aliphatic heterocycles. The molecular formula is C10H18N2O2S. The second-order valence-electron chi connectivity index (χ2n) is 4.21. The van der Waals surface area contributed by atoms with Crippen molar-refractivity contribution >= 4 is 9.84 Å². The Bertz CT molecular complexity index is 358. The van der Waals surface area contributed by atoms with Gasteiger partial charge in [0.25, 0.3) is 0 Å². The van der Waals surface area contributed by atoms with Crippen LogP contribution in [0.1, 0.15) is 19.8 Å². The van der Waals surface area contributed by atoms with Crippen molar-refractivity contribution in [3.8, 4) is 12.3 Å². The van der Waals surface area contributed by atoms with Crippen LogP contribution in [-0.4, -0.2) is 38.0 Å². The summed E-state index contributed by atoms with van der Waals surface area (Å²) in [6.45, 7) is 2.14. The van der Waals surface area contributed by atoms with Crippen LogP contribution in [0, 0.1) is 12.3 Å². The maximum absolute atomic E-state index is 11.5. The topological polar surface area (TPSA) is 72.2 Å². The van der Waals surface area contributed by atoms with Gasteiger partial charge in [-0.25, -0.2) is 8.42 Å². The summed E-state index contributed by atoms with van der Waals surface area (Å²) in [4.78, 5) is 0. The van der Waals surface area contributed by atoms with E-state index in [4.69, 9.17) is 12.2 Å². The van der Waals surface area contributed by atoms with E-state index in [0.29, 0.717) is 13.0 Å². The highest BCUT2D eigenvalue weighted by atomic mass is 32.2. The minimum atomic E-state index is -2.97. The Morgan fingerprint density at radius 2 is 2.33 bits per heavy atom. The highest BCUT2D eigenvalue weighted by Crippen LogP contribution is 2.22. The number of hydrogen-bond donors (Lipinski definition) is 2. The smallest absolute Gasteiger partial charge is 0.152 e. The van der Waals surface area contributed by atoms with Crippen LogP contribution in [0.15, 0.2) is 0 Å². The third-order valence-electron chi connectivity index (χ3n) is 2.77. The molecule has 0 aromatic rings. The van der Waals surface area contributed by atoms with Gasteiger partial charge < -0.3 is 5.73 Å². The molecule has 0 amide bonds. The largest absolute Gasteiger partial charge is 0.329 e. The molecule has 0 aromatic heterocycles. The SMILES string of the molecule is C#CC(C)NC1(CN)CCCS(=O)(=O)C1. The number of sulfone groups is 1. The van der Waals surface area contributed by atoms with Crippen molar-refractivity contribution in [1.29, 1.82) is 0 Å². The molecule has 0 aromatic carbocycles. The molecule has 3 N–H and O–H groups in total. The lowest BCUT2D eigenvalue weighted by molar-refractivity contribution is 0.317. The van der Waals surface area contributed by atoms with Gasteiger partial charge in [-0.05, 0) is 19.8 Å². The molecule has 1 heterocycles. The lowest BCUT2D eigenvalue weighted by Crippen LogP contribution is -2.60. The number of terminal acetylenes is 1. The fraction of sp³-hybridized carbons (Fsp3) is 0.800. The lowest BCUT2D eigenvalue weighted by atomic mass is 9.94. The van der Waals surface area contributed by atoms with Gasteiger partial charge in [-0.3, -0.25) is 5.32 Å². The maximum atomic E-state index is 11.5. The van der Waals surface area contributed by atoms with Crippen LogP contribution in [0.3, 0.4) is 0 Å². The summed E-state index contributed by atoms with van der Waals surface area (Å²) < 4.78 is 23.1. The van der Waals surface area contributed by atoms with Crippen molar-refractivity contribution in [2.75, 3.05) is 18.1 Å². The van der Waals surface area contributed by atoms with Crippen molar-refractivity contribution < 1.29 is 8.42 Å². The van der Waals surface area contributed by atoms with Crippen LogP contribution in [0.5, 0.6) is 0 Å². The first-order valence-corrected chi connectivity index (χ1v) is 6.89. The first-order valence-electron chi connectivity index (χ1n) is 5.07. The molecule has 2 unspecified atom stereocenters. The van der Waals surface area contributed by atoms with Gasteiger partial charge in [0.15, 0.2) is 9.84 Å². The third kappa shape index (κ3) is 3.20. The van der Waals surface area contributed by atoms with Crippen LogP contribution >= 0.6 is 0 Å². The highest BCUT2D eigenvalue weighted by molar-refractivity contribution is 7.91. The standard InChI is InChI=1S/C10H18N2O2S/c1-3-9(2)12-10(7-11)5-4-6-15(13,14)8-10/h1,9,12H,4-8,11H2,2H3. The Morgan fingerprint density at radius 1 is 1.67 bits per heavy atom. The number of nitrogens with one attached hydrogen (secondary N) is 1. The van der Waals surface area contributed by atoms with Gasteiger partial charge in [-0.2, -0.15) is 0 Å². The zero-order chi connectivity index (χ0) is 11.5. The van der Waals surface area contributed by atoms with Crippen molar-refractivity contribution in [2.24, 2.45) is 5.73 Å². The molecule has 15 heavy (non-hydrogen) atoms. The van der Waals surface area contributed by atoms with Crippen molar-refractivity contribution in [1.82, 2.24) is 5.32 Å². The summed E-state index contributed by atoms with van der Waals surface area (Å²) in [6, 6.07) is -0.151. The Balaban J connectivity index is 2.81. The van der Waals surface area contributed by atoms with E-state index in [1.807, 2.05) is 6.92 Å². The summed E-state index contributed by atoms with van der Waals surface area (Å²) >= 11 is 0. The van der Waals surface area contributed by atoms with E-state index in [0.717, 1.165) is 6.42 Å². The Hall–Kier alpha value is -0.570. The van der Waals surface area contributed by atoms with Gasteiger partial charge >= 0.3 is 0 Å². The van der Waals surface area contributed by atoms with Gasteiger partial charge in [0, 0.05) is 12.1 Å². The van der Waals surface area contributed by atoms with Crippen molar-refractivity contribution in [3.63, 3.8) is 0 Å². The molecule has 1 fully saturated rings. The maximum Gasteiger partial charge on any atom is 0.152 e. The average Bonchev–Trinajstić information content (AvgIpc) is 2.16. The lowest BCUT2D eigenvalue weighted by Gasteiger charge is -2.38. The van der Waals surface area contributed by atoms with Crippen LogP contribution < -0.4 is 11.1 Å². The molecule has 0 radical (unpaired) electrons. The zero-order valence-electron chi connectivity index (χ0n) is 8.99. The average molecular weight is 230 g/mol. The molecule has 4 nitrogen and oxygen atoms in total. The Morgan fingerprint density at radius 3 is 2.80 bits per heavy atom. The molecule has 1 saturated heterocycles. The predicted octanol–water partition coefficient (Wildman–Crippen LogP) is -0.496. The second-order valence-corrected chi connectivity index (χ2v) is 6.40. The number of nitrogens with two attached hydrogens (primary N) is 1. The third-order valence-corrected chi connectivity index (χ3v) is 4.67. The minimum absolute atomic E-state index is 0.0997. The summed E-state index contributed by atoms with van der Waals surface area (Å²) in [7, 11) is -2.97. The van der Waals surface area contributed by atoms with Gasteiger partial charge in [0.05, 0.1) is 17.5 Å². The van der Waals surface area contributed by atoms with E-state index in [1.165, 1.54) is 0 Å². The fourth-order valence-corrected chi connectivity index (χ4v) is 3.95.